The van der Waals surface area contributed by atoms with E-state index in [1.807, 2.05) is 0 Å². The Morgan fingerprint density at radius 3 is 2.57 bits per heavy atom. The quantitative estimate of drug-likeness (QED) is 0.523. The number of rotatable bonds is 6. The first-order chi connectivity index (χ1) is 13.8. The lowest BCUT2D eigenvalue weighted by molar-refractivity contribution is -0.190. The van der Waals surface area contributed by atoms with Gasteiger partial charge in [0.1, 0.15) is 11.4 Å². The van der Waals surface area contributed by atoms with Crippen molar-refractivity contribution in [3.63, 3.8) is 0 Å². The third kappa shape index (κ3) is 4.36. The molecule has 0 aliphatic carbocycles. The third-order valence-corrected chi connectivity index (χ3v) is 4.33. The van der Waals surface area contributed by atoms with Crippen LogP contribution >= 0.6 is 0 Å². The van der Waals surface area contributed by atoms with Crippen LogP contribution in [0.15, 0.2) is 16.8 Å². The SMILES string of the molecule is Cc1nc(C(C)(O)NC(=O)c2cc(OC(C)C(F)(F)F)c(C3(F)COC3)cn2)no1. The monoisotopic (exact) mass is 434 g/mol. The number of carbonyl (C=O) groups is 1. The van der Waals surface area contributed by atoms with Gasteiger partial charge >= 0.3 is 6.18 Å². The molecule has 2 N–H and O–H groups in total. The number of aliphatic hydroxyl groups is 1. The van der Waals surface area contributed by atoms with Crippen molar-refractivity contribution >= 4 is 5.91 Å². The number of aryl methyl sites for hydroxylation is 1. The van der Waals surface area contributed by atoms with Gasteiger partial charge in [0, 0.05) is 19.2 Å². The highest BCUT2D eigenvalue weighted by atomic mass is 19.4. The number of ether oxygens (including phenoxy) is 2. The van der Waals surface area contributed by atoms with E-state index in [2.05, 4.69) is 20.4 Å². The van der Waals surface area contributed by atoms with Crippen molar-refractivity contribution in [2.45, 2.75) is 44.4 Å². The minimum absolute atomic E-state index is 0.134. The van der Waals surface area contributed by atoms with E-state index >= 15 is 0 Å². The first kappa shape index (κ1) is 21.9. The Kier molecular flexibility index (Phi) is 5.45. The number of nitrogens with zero attached hydrogens (tertiary/aromatic N) is 3. The number of hydrogen-bond acceptors (Lipinski definition) is 8. The van der Waals surface area contributed by atoms with Crippen LogP contribution in [0.3, 0.4) is 0 Å². The molecule has 0 aromatic carbocycles. The van der Waals surface area contributed by atoms with Crippen molar-refractivity contribution < 1.29 is 41.5 Å². The highest BCUT2D eigenvalue weighted by molar-refractivity contribution is 5.93. The maximum atomic E-state index is 14.8. The molecule has 0 radical (unpaired) electrons. The van der Waals surface area contributed by atoms with E-state index in [4.69, 9.17) is 14.0 Å². The van der Waals surface area contributed by atoms with Crippen LogP contribution in [0.2, 0.25) is 0 Å². The Morgan fingerprint density at radius 1 is 1.40 bits per heavy atom. The minimum atomic E-state index is -4.72. The topological polar surface area (TPSA) is 120 Å². The molecule has 1 saturated heterocycles. The van der Waals surface area contributed by atoms with Crippen LogP contribution in [0.5, 0.6) is 5.75 Å². The number of halogens is 4. The summed E-state index contributed by atoms with van der Waals surface area (Å²) in [5.41, 5.74) is -4.86. The molecule has 1 fully saturated rings. The van der Waals surface area contributed by atoms with E-state index in [-0.39, 0.29) is 30.5 Å². The molecule has 3 rings (SSSR count). The molecule has 0 saturated carbocycles. The van der Waals surface area contributed by atoms with Gasteiger partial charge in [0.15, 0.2) is 17.5 Å². The van der Waals surface area contributed by atoms with Gasteiger partial charge in [-0.15, -0.1) is 0 Å². The van der Waals surface area contributed by atoms with E-state index < -0.39 is 41.0 Å². The fraction of sp³-hybridized carbons (Fsp3) is 0.529. The van der Waals surface area contributed by atoms with E-state index in [0.29, 0.717) is 0 Å². The lowest BCUT2D eigenvalue weighted by atomic mass is 9.94. The van der Waals surface area contributed by atoms with Crippen molar-refractivity contribution in [1.29, 1.82) is 0 Å². The average molecular weight is 434 g/mol. The van der Waals surface area contributed by atoms with E-state index in [0.717, 1.165) is 26.1 Å². The van der Waals surface area contributed by atoms with E-state index in [1.54, 1.807) is 0 Å². The Labute approximate surface area is 167 Å². The summed E-state index contributed by atoms with van der Waals surface area (Å²) in [6, 6.07) is 0.865. The number of hydrogen-bond donors (Lipinski definition) is 2. The molecular weight excluding hydrogens is 416 g/mol. The Balaban J connectivity index is 1.89. The fourth-order valence-corrected chi connectivity index (χ4v) is 2.53. The van der Waals surface area contributed by atoms with Crippen LogP contribution in [-0.2, 0) is 16.1 Å². The zero-order chi connectivity index (χ0) is 22.3. The summed E-state index contributed by atoms with van der Waals surface area (Å²) in [6.07, 6.45) is -6.09. The first-order valence-corrected chi connectivity index (χ1v) is 8.68. The molecule has 0 spiro atoms. The van der Waals surface area contributed by atoms with Gasteiger partial charge in [0.05, 0.1) is 18.8 Å². The molecule has 2 aromatic heterocycles. The summed E-state index contributed by atoms with van der Waals surface area (Å²) >= 11 is 0. The molecule has 9 nitrogen and oxygen atoms in total. The maximum Gasteiger partial charge on any atom is 0.425 e. The summed E-state index contributed by atoms with van der Waals surface area (Å²) in [5.74, 6) is -1.62. The fourth-order valence-electron chi connectivity index (χ4n) is 2.53. The van der Waals surface area contributed by atoms with Crippen LogP contribution in [0.1, 0.15) is 41.6 Å². The summed E-state index contributed by atoms with van der Waals surface area (Å²) in [5, 5.41) is 16.1. The van der Waals surface area contributed by atoms with Crippen molar-refractivity contribution in [2.75, 3.05) is 13.2 Å². The van der Waals surface area contributed by atoms with Crippen molar-refractivity contribution in [1.82, 2.24) is 20.4 Å². The number of alkyl halides is 4. The van der Waals surface area contributed by atoms with Gasteiger partial charge < -0.3 is 24.4 Å². The van der Waals surface area contributed by atoms with Gasteiger partial charge in [0.25, 0.3) is 5.91 Å². The largest absolute Gasteiger partial charge is 0.481 e. The van der Waals surface area contributed by atoms with Crippen LogP contribution in [0.4, 0.5) is 17.6 Å². The van der Waals surface area contributed by atoms with Gasteiger partial charge in [-0.2, -0.15) is 18.2 Å². The molecule has 1 amide bonds. The lowest BCUT2D eigenvalue weighted by Gasteiger charge is -2.35. The number of amides is 1. The molecule has 2 atom stereocenters. The van der Waals surface area contributed by atoms with Crippen molar-refractivity contribution in [3.8, 4) is 5.75 Å². The maximum absolute atomic E-state index is 14.8. The molecule has 13 heteroatoms. The first-order valence-electron chi connectivity index (χ1n) is 8.68. The number of nitrogens with one attached hydrogen (secondary N) is 1. The Morgan fingerprint density at radius 2 is 2.07 bits per heavy atom. The molecule has 2 unspecified atom stereocenters. The highest BCUT2D eigenvalue weighted by Gasteiger charge is 2.45. The summed E-state index contributed by atoms with van der Waals surface area (Å²) in [4.78, 5) is 20.1. The standard InChI is InChI=1S/C17H18F4N4O5/c1-8(17(19,20)21)29-12-4-11(22-5-10(12)16(18)6-28-7-16)13(26)24-15(3,27)14-23-9(2)30-25-14/h4-5,8,27H,6-7H2,1-3H3,(H,24,26). The van der Waals surface area contributed by atoms with Gasteiger partial charge in [0.2, 0.25) is 11.7 Å². The van der Waals surface area contributed by atoms with Crippen LogP contribution in [0.25, 0.3) is 0 Å². The molecule has 1 aliphatic rings. The summed E-state index contributed by atoms with van der Waals surface area (Å²) in [7, 11) is 0. The van der Waals surface area contributed by atoms with Crippen LogP contribution in [0, 0.1) is 6.92 Å². The highest BCUT2D eigenvalue weighted by Crippen LogP contribution is 2.40. The third-order valence-electron chi connectivity index (χ3n) is 4.33. The smallest absolute Gasteiger partial charge is 0.425 e. The number of pyridine rings is 1. The van der Waals surface area contributed by atoms with Crippen molar-refractivity contribution in [3.05, 3.63) is 35.2 Å². The predicted octanol–water partition coefficient (Wildman–Crippen LogP) is 1.89. The molecule has 1 aliphatic heterocycles. The second kappa shape index (κ2) is 7.47. The second-order valence-electron chi connectivity index (χ2n) is 6.99. The van der Waals surface area contributed by atoms with E-state index in [9.17, 15) is 27.5 Å². The van der Waals surface area contributed by atoms with Crippen molar-refractivity contribution in [2.24, 2.45) is 0 Å². The summed E-state index contributed by atoms with van der Waals surface area (Å²) < 4.78 is 68.0. The molecule has 3 heterocycles. The Hall–Kier alpha value is -2.80. The van der Waals surface area contributed by atoms with E-state index in [1.165, 1.54) is 6.92 Å². The summed E-state index contributed by atoms with van der Waals surface area (Å²) in [6.45, 7) is 2.60. The lowest BCUT2D eigenvalue weighted by Crippen LogP contribution is -2.45. The molecule has 164 valence electrons. The zero-order valence-electron chi connectivity index (χ0n) is 16.1. The molecular formula is C17H18F4N4O5. The van der Waals surface area contributed by atoms with Gasteiger partial charge in [-0.25, -0.2) is 4.39 Å². The number of aromatic nitrogens is 3. The molecule has 0 bridgehead atoms. The van der Waals surface area contributed by atoms with Crippen LogP contribution < -0.4 is 10.1 Å². The zero-order valence-corrected chi connectivity index (χ0v) is 16.1. The normalized spacial score (nSPS) is 18.8. The Bertz CT molecular complexity index is 942. The van der Waals surface area contributed by atoms with Crippen LogP contribution in [-0.4, -0.2) is 51.6 Å². The average Bonchev–Trinajstić information content (AvgIpc) is 3.06. The van der Waals surface area contributed by atoms with Gasteiger partial charge in [-0.1, -0.05) is 5.16 Å². The molecule has 30 heavy (non-hydrogen) atoms. The van der Waals surface area contributed by atoms with Gasteiger partial charge in [-0.05, 0) is 13.8 Å². The van der Waals surface area contributed by atoms with Gasteiger partial charge in [-0.3, -0.25) is 9.78 Å². The number of carbonyl (C=O) groups excluding carboxylic acids is 1. The predicted molar refractivity (Wildman–Crippen MR) is 90.1 cm³/mol. The molecule has 2 aromatic rings. The second-order valence-corrected chi connectivity index (χ2v) is 6.99. The minimum Gasteiger partial charge on any atom is -0.481 e.